The molecule has 1 aliphatic rings. The Morgan fingerprint density at radius 2 is 2.04 bits per heavy atom. The summed E-state index contributed by atoms with van der Waals surface area (Å²) < 4.78 is 0. The summed E-state index contributed by atoms with van der Waals surface area (Å²) in [5.41, 5.74) is 10.5. The number of fused-ring (bicyclic) bond motifs is 1. The number of nitrogens with two attached hydrogens (primary N) is 1. The van der Waals surface area contributed by atoms with E-state index in [1.54, 1.807) is 12.7 Å². The molecule has 0 aliphatic carbocycles. The molecule has 1 aromatic carbocycles. The lowest BCUT2D eigenvalue weighted by molar-refractivity contribution is 0.339. The van der Waals surface area contributed by atoms with Crippen LogP contribution in [0.1, 0.15) is 24.0 Å². The van der Waals surface area contributed by atoms with Gasteiger partial charge in [0, 0.05) is 25.0 Å². The van der Waals surface area contributed by atoms with Crippen molar-refractivity contribution in [3.05, 3.63) is 48.0 Å². The average molecular weight is 322 g/mol. The lowest BCUT2D eigenvalue weighted by atomic mass is 9.72. The maximum atomic E-state index is 6.22. The predicted octanol–water partition coefficient (Wildman–Crippen LogP) is 2.16. The molecule has 1 fully saturated rings. The van der Waals surface area contributed by atoms with Gasteiger partial charge in [0.1, 0.15) is 11.8 Å². The van der Waals surface area contributed by atoms with Crippen molar-refractivity contribution in [2.24, 2.45) is 5.73 Å². The monoisotopic (exact) mass is 322 g/mol. The Labute approximate surface area is 141 Å². The summed E-state index contributed by atoms with van der Waals surface area (Å²) in [6.07, 6.45) is 5.30. The van der Waals surface area contributed by atoms with E-state index in [0.29, 0.717) is 6.54 Å². The molecule has 0 saturated carbocycles. The van der Waals surface area contributed by atoms with Crippen LogP contribution < -0.4 is 10.6 Å². The van der Waals surface area contributed by atoms with Gasteiger partial charge in [-0.1, -0.05) is 29.8 Å². The number of aryl methyl sites for hydroxylation is 1. The van der Waals surface area contributed by atoms with E-state index >= 15 is 0 Å². The van der Waals surface area contributed by atoms with E-state index in [2.05, 4.69) is 56.0 Å². The van der Waals surface area contributed by atoms with E-state index < -0.39 is 0 Å². The highest BCUT2D eigenvalue weighted by atomic mass is 15.2. The summed E-state index contributed by atoms with van der Waals surface area (Å²) in [5, 5.41) is 0. The van der Waals surface area contributed by atoms with Gasteiger partial charge < -0.3 is 15.6 Å². The molecule has 1 aliphatic heterocycles. The first-order valence-electron chi connectivity index (χ1n) is 8.38. The number of benzene rings is 1. The van der Waals surface area contributed by atoms with Gasteiger partial charge in [-0.25, -0.2) is 15.0 Å². The fourth-order valence-corrected chi connectivity index (χ4v) is 3.72. The van der Waals surface area contributed by atoms with Gasteiger partial charge in [0.05, 0.1) is 6.33 Å². The Kier molecular flexibility index (Phi) is 3.69. The van der Waals surface area contributed by atoms with Crippen molar-refractivity contribution in [2.75, 3.05) is 24.5 Å². The van der Waals surface area contributed by atoms with Crippen molar-refractivity contribution < 1.29 is 0 Å². The third-order valence-corrected chi connectivity index (χ3v) is 5.24. The van der Waals surface area contributed by atoms with Gasteiger partial charge in [-0.15, -0.1) is 0 Å². The van der Waals surface area contributed by atoms with Crippen LogP contribution in [0.3, 0.4) is 0 Å². The van der Waals surface area contributed by atoms with Crippen LogP contribution >= 0.6 is 0 Å². The van der Waals surface area contributed by atoms with Gasteiger partial charge in [-0.3, -0.25) is 0 Å². The van der Waals surface area contributed by atoms with Crippen LogP contribution in [0.2, 0.25) is 0 Å². The molecule has 0 atom stereocenters. The van der Waals surface area contributed by atoms with Crippen molar-refractivity contribution in [1.29, 1.82) is 0 Å². The Balaban J connectivity index is 1.61. The summed E-state index contributed by atoms with van der Waals surface area (Å²) in [4.78, 5) is 18.4. The predicted molar refractivity (Wildman–Crippen MR) is 95.0 cm³/mol. The fraction of sp³-hybridized carbons (Fsp3) is 0.389. The van der Waals surface area contributed by atoms with Gasteiger partial charge in [0.25, 0.3) is 0 Å². The molecule has 3 N–H and O–H groups in total. The van der Waals surface area contributed by atoms with E-state index in [4.69, 9.17) is 5.73 Å². The summed E-state index contributed by atoms with van der Waals surface area (Å²) in [6.45, 7) is 4.65. The van der Waals surface area contributed by atoms with Gasteiger partial charge in [0.15, 0.2) is 11.5 Å². The molecule has 6 nitrogen and oxygen atoms in total. The second-order valence-corrected chi connectivity index (χ2v) is 6.64. The molecule has 0 amide bonds. The first-order chi connectivity index (χ1) is 11.7. The summed E-state index contributed by atoms with van der Waals surface area (Å²) >= 11 is 0. The van der Waals surface area contributed by atoms with Gasteiger partial charge in [-0.2, -0.15) is 0 Å². The van der Waals surface area contributed by atoms with Crippen LogP contribution in [0.25, 0.3) is 11.2 Å². The van der Waals surface area contributed by atoms with E-state index in [1.807, 2.05) is 0 Å². The number of H-pyrrole nitrogens is 1. The number of piperidine rings is 1. The maximum Gasteiger partial charge on any atom is 0.162 e. The largest absolute Gasteiger partial charge is 0.355 e. The Hall–Kier alpha value is -2.47. The van der Waals surface area contributed by atoms with Crippen LogP contribution in [0.5, 0.6) is 0 Å². The minimum absolute atomic E-state index is 0.0558. The molecule has 1 saturated heterocycles. The molecule has 2 aromatic heterocycles. The molecule has 3 heterocycles. The quantitative estimate of drug-likeness (QED) is 0.772. The second-order valence-electron chi connectivity index (χ2n) is 6.64. The topological polar surface area (TPSA) is 83.7 Å². The van der Waals surface area contributed by atoms with Crippen LogP contribution in [-0.2, 0) is 5.41 Å². The van der Waals surface area contributed by atoms with Gasteiger partial charge in [0.2, 0.25) is 0 Å². The molecule has 0 spiro atoms. The van der Waals surface area contributed by atoms with E-state index in [9.17, 15) is 0 Å². The van der Waals surface area contributed by atoms with Crippen molar-refractivity contribution in [2.45, 2.75) is 25.2 Å². The van der Waals surface area contributed by atoms with Gasteiger partial charge >= 0.3 is 0 Å². The zero-order valence-corrected chi connectivity index (χ0v) is 13.9. The number of hydrogen-bond donors (Lipinski definition) is 2. The third kappa shape index (κ3) is 2.43. The number of rotatable bonds is 3. The van der Waals surface area contributed by atoms with Crippen molar-refractivity contribution in [1.82, 2.24) is 19.9 Å². The number of aromatic amines is 1. The van der Waals surface area contributed by atoms with Crippen LogP contribution in [0, 0.1) is 6.92 Å². The van der Waals surface area contributed by atoms with Crippen molar-refractivity contribution >= 4 is 17.0 Å². The molecule has 3 aromatic rings. The minimum atomic E-state index is 0.0558. The molecule has 0 unspecified atom stereocenters. The number of nitrogens with zero attached hydrogens (tertiary/aromatic N) is 4. The molecular weight excluding hydrogens is 300 g/mol. The molecule has 24 heavy (non-hydrogen) atoms. The van der Waals surface area contributed by atoms with Crippen LogP contribution in [0.15, 0.2) is 36.9 Å². The first-order valence-corrected chi connectivity index (χ1v) is 8.38. The molecule has 0 radical (unpaired) electrons. The molecule has 0 bridgehead atoms. The Bertz CT molecular complexity index is 847. The highest BCUT2D eigenvalue weighted by Gasteiger charge is 2.36. The van der Waals surface area contributed by atoms with E-state index in [-0.39, 0.29) is 5.41 Å². The highest BCUT2D eigenvalue weighted by Crippen LogP contribution is 2.36. The zero-order chi connectivity index (χ0) is 16.6. The fourth-order valence-electron chi connectivity index (χ4n) is 3.72. The first kappa shape index (κ1) is 15.1. The van der Waals surface area contributed by atoms with Crippen molar-refractivity contribution in [3.63, 3.8) is 0 Å². The van der Waals surface area contributed by atoms with E-state index in [1.165, 1.54) is 11.1 Å². The maximum absolute atomic E-state index is 6.22. The Morgan fingerprint density at radius 1 is 1.21 bits per heavy atom. The minimum Gasteiger partial charge on any atom is -0.355 e. The molecule has 4 rings (SSSR count). The standard InChI is InChI=1S/C18H22N6/c1-13-3-2-4-14(9-13)18(10-19)5-7-24(8-6-18)17-15-16(21-11-20-15)22-12-23-17/h2-4,9,11-12H,5-8,10,19H2,1H3,(H,20,21,22,23). The summed E-state index contributed by atoms with van der Waals surface area (Å²) in [5.74, 6) is 0.913. The normalized spacial score (nSPS) is 17.3. The summed E-state index contributed by atoms with van der Waals surface area (Å²) in [7, 11) is 0. The average Bonchev–Trinajstić information content (AvgIpc) is 3.10. The summed E-state index contributed by atoms with van der Waals surface area (Å²) in [6, 6.07) is 8.76. The number of hydrogen-bond acceptors (Lipinski definition) is 5. The van der Waals surface area contributed by atoms with Crippen molar-refractivity contribution in [3.8, 4) is 0 Å². The Morgan fingerprint density at radius 3 is 2.79 bits per heavy atom. The molecular formula is C18H22N6. The molecule has 6 heteroatoms. The lowest BCUT2D eigenvalue weighted by Crippen LogP contribution is -2.47. The van der Waals surface area contributed by atoms with Crippen LogP contribution in [-0.4, -0.2) is 39.6 Å². The van der Waals surface area contributed by atoms with Gasteiger partial charge in [-0.05, 0) is 25.3 Å². The molecule has 124 valence electrons. The zero-order valence-electron chi connectivity index (χ0n) is 13.9. The second kappa shape index (κ2) is 5.87. The van der Waals surface area contributed by atoms with Crippen LogP contribution in [0.4, 0.5) is 5.82 Å². The smallest absolute Gasteiger partial charge is 0.162 e. The number of anilines is 1. The third-order valence-electron chi connectivity index (χ3n) is 5.24. The highest BCUT2D eigenvalue weighted by molar-refractivity contribution is 5.82. The number of nitrogens with one attached hydrogen (secondary N) is 1. The SMILES string of the molecule is Cc1cccc(C2(CN)CCN(c3ncnc4[nH]cnc34)CC2)c1. The number of aromatic nitrogens is 4. The van der Waals surface area contributed by atoms with E-state index in [0.717, 1.165) is 42.9 Å². The lowest BCUT2D eigenvalue weighted by Gasteiger charge is -2.42. The number of imidazole rings is 1.